The van der Waals surface area contributed by atoms with Crippen molar-refractivity contribution < 1.29 is 14.5 Å². The highest BCUT2D eigenvalue weighted by atomic mass is 16.6. The van der Waals surface area contributed by atoms with Crippen molar-refractivity contribution >= 4 is 22.9 Å². The molecule has 0 radical (unpaired) electrons. The molecular formula is C18H19N5O4. The van der Waals surface area contributed by atoms with Crippen LogP contribution in [0.4, 0.5) is 11.4 Å². The Morgan fingerprint density at radius 3 is 2.93 bits per heavy atom. The fourth-order valence-corrected chi connectivity index (χ4v) is 2.61. The van der Waals surface area contributed by atoms with Crippen LogP contribution in [0.1, 0.15) is 16.1 Å². The molecule has 1 aromatic carbocycles. The van der Waals surface area contributed by atoms with Crippen LogP contribution in [0.3, 0.4) is 0 Å². The van der Waals surface area contributed by atoms with Crippen LogP contribution in [0.25, 0.3) is 5.65 Å². The number of pyridine rings is 1. The number of anilines is 1. The SMILES string of the molecule is COCCNc1ccc([N+](=O)[O-])cc1C(=O)NCc1cn2ccccc2n1. The number of non-ortho nitro benzene ring substituents is 1. The Labute approximate surface area is 155 Å². The molecule has 2 heterocycles. The first-order valence-corrected chi connectivity index (χ1v) is 8.30. The number of amides is 1. The van der Waals surface area contributed by atoms with E-state index in [1.54, 1.807) is 7.11 Å². The summed E-state index contributed by atoms with van der Waals surface area (Å²) in [5, 5.41) is 16.9. The number of hydrogen-bond donors (Lipinski definition) is 2. The van der Waals surface area contributed by atoms with Crippen molar-refractivity contribution in [1.29, 1.82) is 0 Å². The first-order valence-electron chi connectivity index (χ1n) is 8.30. The standard InChI is InChI=1S/C18H19N5O4/c1-27-9-7-19-16-6-5-14(23(25)26)10-15(16)18(24)20-11-13-12-22-8-3-2-4-17(22)21-13/h2-6,8,10,12,19H,7,9,11H2,1H3,(H,20,24). The fraction of sp³-hybridized carbons (Fsp3) is 0.222. The number of methoxy groups -OCH3 is 1. The first kappa shape index (κ1) is 18.3. The minimum Gasteiger partial charge on any atom is -0.383 e. The number of carbonyl (C=O) groups is 1. The molecule has 0 aliphatic rings. The number of ether oxygens (including phenoxy) is 1. The Bertz CT molecular complexity index is 936. The lowest BCUT2D eigenvalue weighted by Crippen LogP contribution is -2.24. The van der Waals surface area contributed by atoms with E-state index in [9.17, 15) is 14.9 Å². The zero-order chi connectivity index (χ0) is 19.2. The maximum Gasteiger partial charge on any atom is 0.270 e. The number of imidazole rings is 1. The van der Waals surface area contributed by atoms with Crippen LogP contribution in [-0.2, 0) is 11.3 Å². The van der Waals surface area contributed by atoms with Crippen LogP contribution >= 0.6 is 0 Å². The van der Waals surface area contributed by atoms with Gasteiger partial charge in [-0.1, -0.05) is 6.07 Å². The molecule has 9 nitrogen and oxygen atoms in total. The number of carbonyl (C=O) groups excluding carboxylic acids is 1. The van der Waals surface area contributed by atoms with Gasteiger partial charge in [-0.25, -0.2) is 4.98 Å². The van der Waals surface area contributed by atoms with Gasteiger partial charge in [0.25, 0.3) is 11.6 Å². The van der Waals surface area contributed by atoms with Crippen molar-refractivity contribution in [2.75, 3.05) is 25.6 Å². The molecule has 9 heteroatoms. The summed E-state index contributed by atoms with van der Waals surface area (Å²) < 4.78 is 6.83. The highest BCUT2D eigenvalue weighted by Gasteiger charge is 2.17. The lowest BCUT2D eigenvalue weighted by molar-refractivity contribution is -0.384. The number of hydrogen-bond acceptors (Lipinski definition) is 6. The van der Waals surface area contributed by atoms with E-state index in [0.717, 1.165) is 5.65 Å². The number of benzene rings is 1. The topological polar surface area (TPSA) is 111 Å². The van der Waals surface area contributed by atoms with Crippen molar-refractivity contribution in [3.8, 4) is 0 Å². The largest absolute Gasteiger partial charge is 0.383 e. The Morgan fingerprint density at radius 2 is 2.19 bits per heavy atom. The molecule has 2 N–H and O–H groups in total. The van der Waals surface area contributed by atoms with Gasteiger partial charge in [0.1, 0.15) is 5.65 Å². The summed E-state index contributed by atoms with van der Waals surface area (Å²) in [5.74, 6) is -0.421. The molecule has 0 saturated carbocycles. The lowest BCUT2D eigenvalue weighted by atomic mass is 10.1. The molecule has 140 valence electrons. The van der Waals surface area contributed by atoms with Gasteiger partial charge in [-0.15, -0.1) is 0 Å². The molecule has 2 aromatic heterocycles. The molecule has 0 aliphatic carbocycles. The van der Waals surface area contributed by atoms with Gasteiger partial charge < -0.3 is 19.8 Å². The minimum atomic E-state index is -0.530. The molecule has 0 fully saturated rings. The van der Waals surface area contributed by atoms with Crippen LogP contribution in [0.5, 0.6) is 0 Å². The van der Waals surface area contributed by atoms with Crippen LogP contribution in [-0.4, -0.2) is 40.5 Å². The molecule has 1 amide bonds. The van der Waals surface area contributed by atoms with Gasteiger partial charge in [0.2, 0.25) is 0 Å². The van der Waals surface area contributed by atoms with Gasteiger partial charge in [-0.3, -0.25) is 14.9 Å². The maximum atomic E-state index is 12.6. The van der Waals surface area contributed by atoms with Gasteiger partial charge in [0.15, 0.2) is 0 Å². The normalized spacial score (nSPS) is 10.7. The van der Waals surface area contributed by atoms with E-state index in [2.05, 4.69) is 15.6 Å². The van der Waals surface area contributed by atoms with Gasteiger partial charge in [-0.2, -0.15) is 0 Å². The summed E-state index contributed by atoms with van der Waals surface area (Å²) in [6, 6.07) is 9.77. The van der Waals surface area contributed by atoms with E-state index in [0.29, 0.717) is 24.5 Å². The molecule has 0 unspecified atom stereocenters. The van der Waals surface area contributed by atoms with Crippen LogP contribution in [0.2, 0.25) is 0 Å². The van der Waals surface area contributed by atoms with Crippen molar-refractivity contribution in [3.05, 3.63) is 70.2 Å². The monoisotopic (exact) mass is 369 g/mol. The summed E-state index contributed by atoms with van der Waals surface area (Å²) in [7, 11) is 1.57. The quantitative estimate of drug-likeness (QED) is 0.358. The Hall–Kier alpha value is -3.46. The molecule has 0 bridgehead atoms. The fourth-order valence-electron chi connectivity index (χ4n) is 2.61. The Morgan fingerprint density at radius 1 is 1.33 bits per heavy atom. The van der Waals surface area contributed by atoms with E-state index in [-0.39, 0.29) is 17.8 Å². The molecule has 3 aromatic rings. The van der Waals surface area contributed by atoms with Crippen molar-refractivity contribution in [1.82, 2.24) is 14.7 Å². The maximum absolute atomic E-state index is 12.6. The second-order valence-electron chi connectivity index (χ2n) is 5.79. The second kappa shape index (κ2) is 8.28. The zero-order valence-corrected chi connectivity index (χ0v) is 14.7. The number of nitrogens with one attached hydrogen (secondary N) is 2. The zero-order valence-electron chi connectivity index (χ0n) is 14.7. The van der Waals surface area contributed by atoms with E-state index in [1.165, 1.54) is 18.2 Å². The van der Waals surface area contributed by atoms with Crippen LogP contribution < -0.4 is 10.6 Å². The summed E-state index contributed by atoms with van der Waals surface area (Å²) in [6.07, 6.45) is 3.69. The molecule has 0 saturated heterocycles. The van der Waals surface area contributed by atoms with Gasteiger partial charge >= 0.3 is 0 Å². The van der Waals surface area contributed by atoms with E-state index in [4.69, 9.17) is 4.74 Å². The first-order chi connectivity index (χ1) is 13.1. The highest BCUT2D eigenvalue weighted by Crippen LogP contribution is 2.22. The summed E-state index contributed by atoms with van der Waals surface area (Å²) in [6.45, 7) is 1.13. The van der Waals surface area contributed by atoms with E-state index in [1.807, 2.05) is 35.0 Å². The number of rotatable bonds is 8. The predicted molar refractivity (Wildman–Crippen MR) is 99.8 cm³/mol. The molecule has 27 heavy (non-hydrogen) atoms. The summed E-state index contributed by atoms with van der Waals surface area (Å²) in [5.41, 5.74) is 2.02. The number of nitro groups is 1. The number of nitro benzene ring substituents is 1. The van der Waals surface area contributed by atoms with Crippen molar-refractivity contribution in [2.45, 2.75) is 6.54 Å². The third-order valence-electron chi connectivity index (χ3n) is 3.92. The Kier molecular flexibility index (Phi) is 5.62. The molecule has 3 rings (SSSR count). The van der Waals surface area contributed by atoms with Gasteiger partial charge in [-0.05, 0) is 18.2 Å². The second-order valence-corrected chi connectivity index (χ2v) is 5.79. The Balaban J connectivity index is 1.76. The van der Waals surface area contributed by atoms with Gasteiger partial charge in [0.05, 0.1) is 29.3 Å². The third-order valence-corrected chi connectivity index (χ3v) is 3.92. The van der Waals surface area contributed by atoms with Crippen molar-refractivity contribution in [3.63, 3.8) is 0 Å². The molecule has 0 atom stereocenters. The average Bonchev–Trinajstić information content (AvgIpc) is 3.09. The van der Waals surface area contributed by atoms with E-state index >= 15 is 0 Å². The number of fused-ring (bicyclic) bond motifs is 1. The lowest BCUT2D eigenvalue weighted by Gasteiger charge is -2.11. The molecule has 0 spiro atoms. The third kappa shape index (κ3) is 4.39. The number of nitrogens with zero attached hydrogens (tertiary/aromatic N) is 3. The average molecular weight is 369 g/mol. The van der Waals surface area contributed by atoms with Gasteiger partial charge in [0, 0.05) is 43.9 Å². The van der Waals surface area contributed by atoms with Crippen LogP contribution in [0, 0.1) is 10.1 Å². The van der Waals surface area contributed by atoms with Crippen LogP contribution in [0.15, 0.2) is 48.8 Å². The van der Waals surface area contributed by atoms with Crippen molar-refractivity contribution in [2.24, 2.45) is 0 Å². The highest BCUT2D eigenvalue weighted by molar-refractivity contribution is 6.00. The molecular weight excluding hydrogens is 350 g/mol. The minimum absolute atomic E-state index is 0.148. The summed E-state index contributed by atoms with van der Waals surface area (Å²) in [4.78, 5) is 27.6. The summed E-state index contributed by atoms with van der Waals surface area (Å²) >= 11 is 0. The smallest absolute Gasteiger partial charge is 0.270 e. The molecule has 0 aliphatic heterocycles. The van der Waals surface area contributed by atoms with E-state index < -0.39 is 10.8 Å². The number of aromatic nitrogens is 2. The predicted octanol–water partition coefficient (Wildman–Crippen LogP) is 2.23.